The fraction of sp³-hybridized carbons (Fsp3) is 0.889. The number of rotatable bonds is 7. The zero-order valence-corrected chi connectivity index (χ0v) is 12.6. The molecule has 6 heteroatoms. The van der Waals surface area contributed by atoms with Gasteiger partial charge in [-0.25, -0.2) is 4.21 Å². The van der Waals surface area contributed by atoms with Crippen LogP contribution in [0.4, 0.5) is 0 Å². The second kappa shape index (κ2) is 20.0. The molecule has 0 aromatic heterocycles. The van der Waals surface area contributed by atoms with Crippen LogP contribution in [0.3, 0.4) is 0 Å². The third-order valence-corrected chi connectivity index (χ3v) is 1.79. The second-order valence-corrected chi connectivity index (χ2v) is 3.31. The number of unbranched alkanes of at least 4 members (excludes halogenated alkanes) is 4. The molecule has 0 amide bonds. The van der Waals surface area contributed by atoms with Crippen molar-refractivity contribution in [3.05, 3.63) is 0 Å². The molecule has 0 aliphatic heterocycles. The average Bonchev–Trinajstić information content (AvgIpc) is 2.12. The summed E-state index contributed by atoms with van der Waals surface area (Å²) in [4.78, 5) is 0. The minimum Gasteiger partial charge on any atom is -1.00 e. The Kier molecular flexibility index (Phi) is 27.9. The molecule has 1 atom stereocenters. The van der Waals surface area contributed by atoms with Gasteiger partial charge in [0, 0.05) is 6.92 Å². The maximum Gasteiger partial charge on any atom is 1.00 e. The van der Waals surface area contributed by atoms with Crippen LogP contribution in [0.1, 0.15) is 47.4 Å². The van der Waals surface area contributed by atoms with Crippen LogP contribution in [-0.4, -0.2) is 15.4 Å². The number of nitriles is 1. The molecule has 15 heavy (non-hydrogen) atoms. The Hall–Kier alpha value is 0.560. The SMILES string of the molecule is CC#N.CCCCCCCOS(=O)[O-].[H-].[Na+]. The van der Waals surface area contributed by atoms with Gasteiger partial charge >= 0.3 is 29.6 Å². The molecular formula is C9H19NNaO3S-. The fourth-order valence-electron chi connectivity index (χ4n) is 0.833. The van der Waals surface area contributed by atoms with Crippen LogP contribution < -0.4 is 29.6 Å². The Morgan fingerprint density at radius 2 is 1.87 bits per heavy atom. The van der Waals surface area contributed by atoms with Gasteiger partial charge in [0.2, 0.25) is 0 Å². The third-order valence-electron chi connectivity index (χ3n) is 1.43. The maximum atomic E-state index is 9.87. The summed E-state index contributed by atoms with van der Waals surface area (Å²) in [6.07, 6.45) is 5.50. The molecule has 0 aliphatic rings. The van der Waals surface area contributed by atoms with Crippen LogP contribution in [0.25, 0.3) is 0 Å². The molecule has 0 spiro atoms. The molecule has 0 bridgehead atoms. The van der Waals surface area contributed by atoms with Gasteiger partial charge in [0.1, 0.15) is 0 Å². The van der Waals surface area contributed by atoms with E-state index in [9.17, 15) is 8.76 Å². The normalized spacial score (nSPS) is 10.3. The van der Waals surface area contributed by atoms with E-state index < -0.39 is 11.4 Å². The van der Waals surface area contributed by atoms with Gasteiger partial charge in [-0.1, -0.05) is 32.6 Å². The summed E-state index contributed by atoms with van der Waals surface area (Å²) in [6.45, 7) is 3.91. The Balaban J connectivity index is -0.000000129. The van der Waals surface area contributed by atoms with Crippen LogP contribution in [0, 0.1) is 11.3 Å². The van der Waals surface area contributed by atoms with Gasteiger partial charge in [0.25, 0.3) is 0 Å². The largest absolute Gasteiger partial charge is 1.00 e. The summed E-state index contributed by atoms with van der Waals surface area (Å²) in [6, 6.07) is 1.75. The minimum absolute atomic E-state index is 0. The molecule has 86 valence electrons. The molecule has 0 heterocycles. The quantitative estimate of drug-likeness (QED) is 0.341. The van der Waals surface area contributed by atoms with E-state index in [1.165, 1.54) is 26.2 Å². The molecule has 0 saturated carbocycles. The third kappa shape index (κ3) is 31.3. The van der Waals surface area contributed by atoms with Crippen molar-refractivity contribution in [2.75, 3.05) is 6.61 Å². The first-order valence-electron chi connectivity index (χ1n) is 4.72. The number of hydrogen-bond acceptors (Lipinski definition) is 4. The Morgan fingerprint density at radius 3 is 2.27 bits per heavy atom. The van der Waals surface area contributed by atoms with E-state index in [-0.39, 0.29) is 31.0 Å². The molecule has 1 unspecified atom stereocenters. The predicted molar refractivity (Wildman–Crippen MR) is 56.0 cm³/mol. The van der Waals surface area contributed by atoms with Crippen molar-refractivity contribution in [3.63, 3.8) is 0 Å². The van der Waals surface area contributed by atoms with Crippen LogP contribution >= 0.6 is 0 Å². The molecule has 0 aromatic carbocycles. The second-order valence-electron chi connectivity index (χ2n) is 2.66. The van der Waals surface area contributed by atoms with E-state index in [0.29, 0.717) is 6.61 Å². The molecule has 0 radical (unpaired) electrons. The molecule has 0 fully saturated rings. The molecule has 0 N–H and O–H groups in total. The van der Waals surface area contributed by atoms with Crippen LogP contribution in [0.15, 0.2) is 0 Å². The fourth-order valence-corrected chi connectivity index (χ4v) is 1.09. The minimum atomic E-state index is -2.32. The van der Waals surface area contributed by atoms with Crippen molar-refractivity contribution in [1.82, 2.24) is 0 Å². The Morgan fingerprint density at radius 1 is 1.40 bits per heavy atom. The van der Waals surface area contributed by atoms with Gasteiger partial charge in [-0.3, -0.25) is 0 Å². The number of nitrogens with zero attached hydrogens (tertiary/aromatic N) is 1. The smallest absolute Gasteiger partial charge is 1.00 e. The molecular weight excluding hydrogens is 225 g/mol. The van der Waals surface area contributed by atoms with Gasteiger partial charge < -0.3 is 10.2 Å². The monoisotopic (exact) mass is 244 g/mol. The summed E-state index contributed by atoms with van der Waals surface area (Å²) >= 11 is -2.32. The van der Waals surface area contributed by atoms with Crippen molar-refractivity contribution in [3.8, 4) is 6.07 Å². The van der Waals surface area contributed by atoms with Crippen LogP contribution in [-0.2, 0) is 15.5 Å². The van der Waals surface area contributed by atoms with Crippen molar-refractivity contribution in [2.45, 2.75) is 46.0 Å². The van der Waals surface area contributed by atoms with Gasteiger partial charge in [-0.15, -0.1) is 0 Å². The van der Waals surface area contributed by atoms with E-state index in [0.717, 1.165) is 12.8 Å². The van der Waals surface area contributed by atoms with Gasteiger partial charge in [-0.2, -0.15) is 5.26 Å². The first-order chi connectivity index (χ1) is 6.68. The zero-order valence-electron chi connectivity index (χ0n) is 10.8. The molecule has 0 aliphatic carbocycles. The number of hydrogen-bond donors (Lipinski definition) is 0. The standard InChI is InChI=1S/C7H16O3S.C2H3N.Na.H/c1-2-3-4-5-6-7-10-11(8)9;1-2-3;;/h2-7H2,1H3,(H,8,9);1H3;;/q;;+1;-1/p-1. The molecule has 0 saturated heterocycles. The van der Waals surface area contributed by atoms with E-state index >= 15 is 0 Å². The van der Waals surface area contributed by atoms with E-state index in [1.807, 2.05) is 0 Å². The molecule has 0 aromatic rings. The summed E-state index contributed by atoms with van der Waals surface area (Å²) in [5.74, 6) is 0. The van der Waals surface area contributed by atoms with Gasteiger partial charge in [0.15, 0.2) is 0 Å². The van der Waals surface area contributed by atoms with Crippen LogP contribution in [0.2, 0.25) is 0 Å². The van der Waals surface area contributed by atoms with Crippen LogP contribution in [0.5, 0.6) is 0 Å². The maximum absolute atomic E-state index is 9.87. The van der Waals surface area contributed by atoms with Gasteiger partial charge in [0.05, 0.1) is 24.0 Å². The van der Waals surface area contributed by atoms with Crippen molar-refractivity contribution in [1.29, 1.82) is 5.26 Å². The Labute approximate surface area is 119 Å². The van der Waals surface area contributed by atoms with E-state index in [4.69, 9.17) is 5.26 Å². The van der Waals surface area contributed by atoms with Crippen molar-refractivity contribution >= 4 is 11.4 Å². The summed E-state index contributed by atoms with van der Waals surface area (Å²) in [7, 11) is 0. The zero-order chi connectivity index (χ0) is 11.2. The van der Waals surface area contributed by atoms with E-state index in [1.54, 1.807) is 6.07 Å². The summed E-state index contributed by atoms with van der Waals surface area (Å²) in [5, 5.41) is 7.32. The Bertz CT molecular complexity index is 179. The van der Waals surface area contributed by atoms with Gasteiger partial charge in [-0.05, 0) is 6.42 Å². The first kappa shape index (κ1) is 20.9. The topological polar surface area (TPSA) is 73.1 Å². The average molecular weight is 244 g/mol. The summed E-state index contributed by atoms with van der Waals surface area (Å²) in [5.41, 5.74) is 0. The summed E-state index contributed by atoms with van der Waals surface area (Å²) < 4.78 is 24.1. The van der Waals surface area contributed by atoms with Crippen molar-refractivity contribution in [2.24, 2.45) is 0 Å². The first-order valence-corrected chi connectivity index (χ1v) is 5.72. The van der Waals surface area contributed by atoms with E-state index in [2.05, 4.69) is 11.1 Å². The molecule has 4 nitrogen and oxygen atoms in total. The van der Waals surface area contributed by atoms with Crippen molar-refractivity contribution < 1.29 is 43.9 Å². The predicted octanol–water partition coefficient (Wildman–Crippen LogP) is -0.586. The molecule has 0 rings (SSSR count).